The number of aliphatic hydroxyl groups excluding tert-OH is 1. The first-order valence-electron chi connectivity index (χ1n) is 7.69. The lowest BCUT2D eigenvalue weighted by molar-refractivity contribution is 0.122. The van der Waals surface area contributed by atoms with Crippen LogP contribution in [0.2, 0.25) is 0 Å². The van der Waals surface area contributed by atoms with Crippen LogP contribution in [0.1, 0.15) is 18.9 Å². The second-order valence-electron chi connectivity index (χ2n) is 5.56. The van der Waals surface area contributed by atoms with Gasteiger partial charge in [0.05, 0.1) is 18.3 Å². The van der Waals surface area contributed by atoms with Crippen LogP contribution in [-0.2, 0) is 0 Å². The zero-order valence-corrected chi connectivity index (χ0v) is 13.3. The second kappa shape index (κ2) is 6.34. The molecule has 5 nitrogen and oxygen atoms in total. The fourth-order valence-corrected chi connectivity index (χ4v) is 2.69. The highest BCUT2D eigenvalue weighted by Gasteiger charge is 2.29. The lowest BCUT2D eigenvalue weighted by Crippen LogP contribution is -2.46. The van der Waals surface area contributed by atoms with Crippen molar-refractivity contribution in [3.63, 3.8) is 0 Å². The third-order valence-electron chi connectivity index (χ3n) is 4.05. The molecule has 0 radical (unpaired) electrons. The van der Waals surface area contributed by atoms with E-state index in [0.29, 0.717) is 0 Å². The standard InChI is InChI=1S/C17H21FN4O/c1-3-14(11-23)20-17-8-7-16-19-10-15(22(16)21(17)2)12-5-4-6-13(18)9-12/h4-10,14,19-20,23H,3,11H2,1-2H3. The number of nitrogens with one attached hydrogen (secondary N) is 2. The molecule has 0 spiro atoms. The second-order valence-corrected chi connectivity index (χ2v) is 5.56. The first-order chi connectivity index (χ1) is 11.1. The Hall–Kier alpha value is -2.47. The summed E-state index contributed by atoms with van der Waals surface area (Å²) < 4.78 is 13.5. The Kier molecular flexibility index (Phi) is 4.25. The van der Waals surface area contributed by atoms with Crippen molar-refractivity contribution in [2.24, 2.45) is 0 Å². The number of fused-ring (bicyclic) bond motifs is 1. The Morgan fingerprint density at radius 2 is 2.17 bits per heavy atom. The zero-order valence-electron chi connectivity index (χ0n) is 13.3. The molecule has 1 aromatic carbocycles. The van der Waals surface area contributed by atoms with Gasteiger partial charge in [0.2, 0.25) is 0 Å². The molecule has 122 valence electrons. The molecule has 2 aliphatic rings. The Labute approximate surface area is 135 Å². The number of hydrogen-bond acceptors (Lipinski definition) is 5. The number of allylic oxidation sites excluding steroid dienone is 2. The predicted molar refractivity (Wildman–Crippen MR) is 87.6 cm³/mol. The van der Waals surface area contributed by atoms with Crippen LogP contribution in [0.3, 0.4) is 0 Å². The maximum absolute atomic E-state index is 13.5. The highest BCUT2D eigenvalue weighted by molar-refractivity contribution is 5.68. The van der Waals surface area contributed by atoms with Gasteiger partial charge in [-0.3, -0.25) is 5.01 Å². The summed E-state index contributed by atoms with van der Waals surface area (Å²) in [5.41, 5.74) is 1.66. The molecule has 23 heavy (non-hydrogen) atoms. The summed E-state index contributed by atoms with van der Waals surface area (Å²) in [7, 11) is 1.93. The molecule has 0 aromatic heterocycles. The lowest BCUT2D eigenvalue weighted by atomic mass is 10.1. The summed E-state index contributed by atoms with van der Waals surface area (Å²) in [4.78, 5) is 0. The average Bonchev–Trinajstić information content (AvgIpc) is 2.99. The van der Waals surface area contributed by atoms with Gasteiger partial charge >= 0.3 is 0 Å². The number of rotatable bonds is 5. The largest absolute Gasteiger partial charge is 0.394 e. The van der Waals surface area contributed by atoms with E-state index < -0.39 is 0 Å². The molecule has 1 unspecified atom stereocenters. The fraction of sp³-hybridized carbons (Fsp3) is 0.294. The highest BCUT2D eigenvalue weighted by atomic mass is 19.1. The van der Waals surface area contributed by atoms with Crippen LogP contribution < -0.4 is 10.6 Å². The highest BCUT2D eigenvalue weighted by Crippen LogP contribution is 2.32. The van der Waals surface area contributed by atoms with E-state index in [1.54, 1.807) is 6.07 Å². The normalized spacial score (nSPS) is 17.8. The molecule has 1 atom stereocenters. The van der Waals surface area contributed by atoms with Crippen LogP contribution in [0.25, 0.3) is 5.70 Å². The minimum atomic E-state index is -0.263. The maximum atomic E-state index is 13.5. The van der Waals surface area contributed by atoms with Crippen molar-refractivity contribution in [1.29, 1.82) is 0 Å². The van der Waals surface area contributed by atoms with Crippen LogP contribution in [0.5, 0.6) is 0 Å². The van der Waals surface area contributed by atoms with Crippen LogP contribution >= 0.6 is 0 Å². The molecule has 0 saturated carbocycles. The molecule has 1 aromatic rings. The summed E-state index contributed by atoms with van der Waals surface area (Å²) >= 11 is 0. The monoisotopic (exact) mass is 316 g/mol. The van der Waals surface area contributed by atoms with Crippen molar-refractivity contribution in [3.8, 4) is 0 Å². The average molecular weight is 316 g/mol. The zero-order chi connectivity index (χ0) is 16.4. The maximum Gasteiger partial charge on any atom is 0.130 e. The third kappa shape index (κ3) is 2.90. The van der Waals surface area contributed by atoms with Crippen molar-refractivity contribution in [1.82, 2.24) is 20.7 Å². The topological polar surface area (TPSA) is 50.8 Å². The molecule has 0 bridgehead atoms. The lowest BCUT2D eigenvalue weighted by Gasteiger charge is -2.39. The molecule has 0 amide bonds. The van der Waals surface area contributed by atoms with Crippen LogP contribution in [0.15, 0.2) is 54.3 Å². The third-order valence-corrected chi connectivity index (χ3v) is 4.05. The van der Waals surface area contributed by atoms with Crippen molar-refractivity contribution < 1.29 is 9.50 Å². The van der Waals surface area contributed by atoms with Gasteiger partial charge in [-0.2, -0.15) is 0 Å². The Morgan fingerprint density at radius 3 is 2.87 bits per heavy atom. The SMILES string of the molecule is CCC(CO)NC1=CC=C2NC=C(c3cccc(F)c3)N2N1C. The molecule has 2 heterocycles. The summed E-state index contributed by atoms with van der Waals surface area (Å²) in [5, 5.41) is 19.8. The predicted octanol–water partition coefficient (Wildman–Crippen LogP) is 1.93. The van der Waals surface area contributed by atoms with Crippen LogP contribution in [-0.4, -0.2) is 34.8 Å². The summed E-state index contributed by atoms with van der Waals surface area (Å²) in [6.07, 6.45) is 6.59. The van der Waals surface area contributed by atoms with E-state index in [9.17, 15) is 9.50 Å². The molecule has 2 aliphatic heterocycles. The molecule has 0 fully saturated rings. The van der Waals surface area contributed by atoms with Crippen molar-refractivity contribution in [2.75, 3.05) is 13.7 Å². The molecular formula is C17H21FN4O. The van der Waals surface area contributed by atoms with Gasteiger partial charge in [0.1, 0.15) is 17.5 Å². The molecular weight excluding hydrogens is 295 g/mol. The van der Waals surface area contributed by atoms with Crippen molar-refractivity contribution in [2.45, 2.75) is 19.4 Å². The van der Waals surface area contributed by atoms with Gasteiger partial charge < -0.3 is 15.7 Å². The molecule has 6 heteroatoms. The van der Waals surface area contributed by atoms with E-state index in [1.807, 2.05) is 48.4 Å². The number of hydrazine groups is 1. The Morgan fingerprint density at radius 1 is 1.35 bits per heavy atom. The first-order valence-corrected chi connectivity index (χ1v) is 7.69. The number of nitrogens with zero attached hydrogens (tertiary/aromatic N) is 2. The van der Waals surface area contributed by atoms with Gasteiger partial charge in [-0.15, -0.1) is 0 Å². The molecule has 0 saturated heterocycles. The summed E-state index contributed by atoms with van der Waals surface area (Å²) in [6, 6.07) is 6.52. The van der Waals surface area contributed by atoms with E-state index in [2.05, 4.69) is 10.6 Å². The van der Waals surface area contributed by atoms with E-state index in [-0.39, 0.29) is 18.5 Å². The fourth-order valence-electron chi connectivity index (χ4n) is 2.69. The van der Waals surface area contributed by atoms with E-state index >= 15 is 0 Å². The minimum absolute atomic E-state index is 0.00388. The number of halogens is 1. The van der Waals surface area contributed by atoms with Crippen molar-refractivity contribution >= 4 is 5.70 Å². The van der Waals surface area contributed by atoms with Gasteiger partial charge in [-0.25, -0.2) is 9.40 Å². The van der Waals surface area contributed by atoms with Gasteiger partial charge in [0.25, 0.3) is 0 Å². The van der Waals surface area contributed by atoms with E-state index in [0.717, 1.165) is 29.3 Å². The smallest absolute Gasteiger partial charge is 0.130 e. The number of hydrogen-bond donors (Lipinski definition) is 3. The Bertz CT molecular complexity index is 679. The quantitative estimate of drug-likeness (QED) is 0.775. The van der Waals surface area contributed by atoms with E-state index in [1.165, 1.54) is 12.1 Å². The van der Waals surface area contributed by atoms with Crippen LogP contribution in [0.4, 0.5) is 4.39 Å². The molecule has 3 rings (SSSR count). The first kappa shape index (κ1) is 15.4. The number of aliphatic hydroxyl groups is 1. The van der Waals surface area contributed by atoms with Gasteiger partial charge in [0.15, 0.2) is 0 Å². The van der Waals surface area contributed by atoms with Crippen molar-refractivity contribution in [3.05, 3.63) is 65.6 Å². The van der Waals surface area contributed by atoms with Gasteiger partial charge in [0, 0.05) is 18.8 Å². The molecule has 0 aliphatic carbocycles. The minimum Gasteiger partial charge on any atom is -0.394 e. The van der Waals surface area contributed by atoms with Gasteiger partial charge in [-0.1, -0.05) is 19.1 Å². The molecule has 3 N–H and O–H groups in total. The van der Waals surface area contributed by atoms with E-state index in [4.69, 9.17) is 0 Å². The van der Waals surface area contributed by atoms with Crippen LogP contribution in [0, 0.1) is 5.82 Å². The number of benzene rings is 1. The van der Waals surface area contributed by atoms with Gasteiger partial charge in [-0.05, 0) is 30.7 Å². The summed E-state index contributed by atoms with van der Waals surface area (Å²) in [5.74, 6) is 1.51. The summed E-state index contributed by atoms with van der Waals surface area (Å²) in [6.45, 7) is 2.09. The Balaban J connectivity index is 1.85.